The van der Waals surface area contributed by atoms with E-state index in [9.17, 15) is 13.2 Å². The molecule has 1 aromatic rings. The van der Waals surface area contributed by atoms with Gasteiger partial charge in [-0.2, -0.15) is 0 Å². The van der Waals surface area contributed by atoms with Gasteiger partial charge in [0, 0.05) is 23.4 Å². The molecule has 0 aliphatic carbocycles. The molecule has 1 amide bonds. The lowest BCUT2D eigenvalue weighted by atomic mass is 10.3. The first kappa shape index (κ1) is 18.8. The fourth-order valence-electron chi connectivity index (χ4n) is 2.07. The summed E-state index contributed by atoms with van der Waals surface area (Å²) in [7, 11) is -3.13. The minimum Gasteiger partial charge on any atom is -0.484 e. The van der Waals surface area contributed by atoms with E-state index in [1.165, 1.54) is 4.90 Å². The van der Waals surface area contributed by atoms with Gasteiger partial charge in [0.2, 0.25) is 0 Å². The van der Waals surface area contributed by atoms with Gasteiger partial charge in [-0.05, 0) is 38.1 Å². The molecule has 1 atom stereocenters. The molecule has 0 aliphatic heterocycles. The molecular weight excluding hydrogens is 326 g/mol. The van der Waals surface area contributed by atoms with E-state index in [2.05, 4.69) is 0 Å². The van der Waals surface area contributed by atoms with Gasteiger partial charge < -0.3 is 9.64 Å². The highest BCUT2D eigenvalue weighted by molar-refractivity contribution is 7.91. The zero-order valence-corrected chi connectivity index (χ0v) is 14.7. The molecule has 7 heteroatoms. The van der Waals surface area contributed by atoms with Crippen molar-refractivity contribution >= 4 is 27.3 Å². The Morgan fingerprint density at radius 3 is 2.36 bits per heavy atom. The van der Waals surface area contributed by atoms with Gasteiger partial charge in [-0.1, -0.05) is 18.5 Å². The maximum absolute atomic E-state index is 12.2. The molecular formula is C15H22ClNO4S. The van der Waals surface area contributed by atoms with Crippen LogP contribution < -0.4 is 4.74 Å². The topological polar surface area (TPSA) is 63.7 Å². The van der Waals surface area contributed by atoms with E-state index >= 15 is 0 Å². The number of nitrogens with zero attached hydrogens (tertiary/aromatic N) is 1. The quantitative estimate of drug-likeness (QED) is 0.724. The lowest BCUT2D eigenvalue weighted by molar-refractivity contribution is -0.134. The summed E-state index contributed by atoms with van der Waals surface area (Å²) in [6, 6.07) is 6.33. The number of amides is 1. The first-order chi connectivity index (χ1) is 10.3. The van der Waals surface area contributed by atoms with Crippen molar-refractivity contribution in [3.05, 3.63) is 29.3 Å². The molecule has 0 N–H and O–H groups in total. The molecule has 0 spiro atoms. The number of rotatable bonds is 8. The van der Waals surface area contributed by atoms with Crippen molar-refractivity contribution < 1.29 is 17.9 Å². The van der Waals surface area contributed by atoms with Crippen LogP contribution >= 0.6 is 11.6 Å². The van der Waals surface area contributed by atoms with Crippen LogP contribution in [0.4, 0.5) is 0 Å². The minimum atomic E-state index is -3.13. The SMILES string of the molecule is CCN(C(=O)COc1ccc(Cl)cc1)[C@@H](C)CS(=O)(=O)CC. The summed E-state index contributed by atoms with van der Waals surface area (Å²) in [5, 5.41) is 0.590. The van der Waals surface area contributed by atoms with Gasteiger partial charge in [-0.15, -0.1) is 0 Å². The number of likely N-dealkylation sites (N-methyl/N-ethyl adjacent to an activating group) is 1. The van der Waals surface area contributed by atoms with E-state index < -0.39 is 9.84 Å². The molecule has 0 unspecified atom stereocenters. The monoisotopic (exact) mass is 347 g/mol. The first-order valence-corrected chi connectivity index (χ1v) is 9.37. The normalized spacial score (nSPS) is 12.7. The highest BCUT2D eigenvalue weighted by Crippen LogP contribution is 2.15. The smallest absolute Gasteiger partial charge is 0.260 e. The summed E-state index contributed by atoms with van der Waals surface area (Å²) in [4.78, 5) is 13.7. The van der Waals surface area contributed by atoms with E-state index in [1.54, 1.807) is 38.1 Å². The van der Waals surface area contributed by atoms with Crippen LogP contribution in [-0.4, -0.2) is 49.9 Å². The Bertz CT molecular complexity index is 586. The van der Waals surface area contributed by atoms with E-state index in [4.69, 9.17) is 16.3 Å². The molecule has 0 heterocycles. The van der Waals surface area contributed by atoms with Crippen LogP contribution in [0.2, 0.25) is 5.02 Å². The Morgan fingerprint density at radius 1 is 1.27 bits per heavy atom. The van der Waals surface area contributed by atoms with Crippen LogP contribution in [0.15, 0.2) is 24.3 Å². The number of hydrogen-bond acceptors (Lipinski definition) is 4. The molecule has 0 aromatic heterocycles. The average molecular weight is 348 g/mol. The summed E-state index contributed by atoms with van der Waals surface area (Å²) < 4.78 is 28.8. The lowest BCUT2D eigenvalue weighted by Crippen LogP contribution is -2.44. The fraction of sp³-hybridized carbons (Fsp3) is 0.533. The van der Waals surface area contributed by atoms with Crippen molar-refractivity contribution in [1.82, 2.24) is 4.90 Å². The van der Waals surface area contributed by atoms with Crippen LogP contribution in [0.3, 0.4) is 0 Å². The maximum atomic E-state index is 12.2. The Labute approximate surface area is 137 Å². The fourth-order valence-corrected chi connectivity index (χ4v) is 3.34. The van der Waals surface area contributed by atoms with E-state index in [0.717, 1.165) is 0 Å². The second-order valence-electron chi connectivity index (χ2n) is 4.97. The predicted octanol–water partition coefficient (Wildman–Crippen LogP) is 2.39. The standard InChI is InChI=1S/C15H22ClNO4S/c1-4-17(12(3)11-22(19,20)5-2)15(18)10-21-14-8-6-13(16)7-9-14/h6-9,12H,4-5,10-11H2,1-3H3/t12-/m0/s1. The second kappa shape index (κ2) is 8.39. The van der Waals surface area contributed by atoms with Gasteiger partial charge >= 0.3 is 0 Å². The number of halogens is 1. The molecule has 1 rings (SSSR count). The zero-order chi connectivity index (χ0) is 16.8. The van der Waals surface area contributed by atoms with Crippen molar-refractivity contribution in [2.45, 2.75) is 26.8 Å². The van der Waals surface area contributed by atoms with Crippen molar-refractivity contribution in [1.29, 1.82) is 0 Å². The maximum Gasteiger partial charge on any atom is 0.260 e. The average Bonchev–Trinajstić information content (AvgIpc) is 2.47. The molecule has 22 heavy (non-hydrogen) atoms. The van der Waals surface area contributed by atoms with Crippen LogP contribution in [-0.2, 0) is 14.6 Å². The summed E-state index contributed by atoms with van der Waals surface area (Å²) >= 11 is 5.78. The van der Waals surface area contributed by atoms with Crippen molar-refractivity contribution in [2.75, 3.05) is 24.7 Å². The van der Waals surface area contributed by atoms with Crippen LogP contribution in [0.1, 0.15) is 20.8 Å². The molecule has 0 fully saturated rings. The van der Waals surface area contributed by atoms with E-state index in [-0.39, 0.29) is 30.1 Å². The number of sulfone groups is 1. The molecule has 0 saturated carbocycles. The number of carbonyl (C=O) groups is 1. The van der Waals surface area contributed by atoms with Gasteiger partial charge in [0.05, 0.1) is 5.75 Å². The second-order valence-corrected chi connectivity index (χ2v) is 7.80. The molecule has 0 saturated heterocycles. The number of ether oxygens (including phenoxy) is 1. The first-order valence-electron chi connectivity index (χ1n) is 7.17. The lowest BCUT2D eigenvalue weighted by Gasteiger charge is -2.27. The molecule has 0 bridgehead atoms. The van der Waals surface area contributed by atoms with Crippen molar-refractivity contribution in [3.8, 4) is 5.75 Å². The highest BCUT2D eigenvalue weighted by atomic mass is 35.5. The minimum absolute atomic E-state index is 0.0377. The predicted molar refractivity (Wildman–Crippen MR) is 88.1 cm³/mol. The largest absolute Gasteiger partial charge is 0.484 e. The third-order valence-electron chi connectivity index (χ3n) is 3.30. The number of hydrogen-bond donors (Lipinski definition) is 0. The number of carbonyl (C=O) groups excluding carboxylic acids is 1. The third kappa shape index (κ3) is 5.85. The Morgan fingerprint density at radius 2 is 1.86 bits per heavy atom. The van der Waals surface area contributed by atoms with Gasteiger partial charge in [-0.25, -0.2) is 8.42 Å². The van der Waals surface area contributed by atoms with Crippen LogP contribution in [0.5, 0.6) is 5.75 Å². The zero-order valence-electron chi connectivity index (χ0n) is 13.1. The third-order valence-corrected chi connectivity index (χ3v) is 5.43. The van der Waals surface area contributed by atoms with Crippen LogP contribution in [0.25, 0.3) is 0 Å². The van der Waals surface area contributed by atoms with Crippen molar-refractivity contribution in [2.24, 2.45) is 0 Å². The van der Waals surface area contributed by atoms with E-state index in [0.29, 0.717) is 17.3 Å². The van der Waals surface area contributed by atoms with Crippen molar-refractivity contribution in [3.63, 3.8) is 0 Å². The Hall–Kier alpha value is -1.27. The van der Waals surface area contributed by atoms with Crippen LogP contribution in [0, 0.1) is 0 Å². The van der Waals surface area contributed by atoms with E-state index in [1.807, 2.05) is 6.92 Å². The Kier molecular flexibility index (Phi) is 7.16. The summed E-state index contributed by atoms with van der Waals surface area (Å²) in [5.74, 6) is 0.341. The summed E-state index contributed by atoms with van der Waals surface area (Å²) in [6.45, 7) is 5.45. The summed E-state index contributed by atoms with van der Waals surface area (Å²) in [5.41, 5.74) is 0. The molecule has 124 valence electrons. The number of benzene rings is 1. The van der Waals surface area contributed by atoms with Gasteiger partial charge in [-0.3, -0.25) is 4.79 Å². The Balaban J connectivity index is 2.62. The van der Waals surface area contributed by atoms with Gasteiger partial charge in [0.1, 0.15) is 5.75 Å². The summed E-state index contributed by atoms with van der Waals surface area (Å²) in [6.07, 6.45) is 0. The van der Waals surface area contributed by atoms with Gasteiger partial charge in [0.15, 0.2) is 16.4 Å². The van der Waals surface area contributed by atoms with Gasteiger partial charge in [0.25, 0.3) is 5.91 Å². The molecule has 0 aliphatic rings. The molecule has 0 radical (unpaired) electrons. The highest BCUT2D eigenvalue weighted by Gasteiger charge is 2.23. The molecule has 5 nitrogen and oxygen atoms in total. The molecule has 1 aromatic carbocycles.